The lowest BCUT2D eigenvalue weighted by Crippen LogP contribution is -2.25. The zero-order valence-electron chi connectivity index (χ0n) is 13.8. The van der Waals surface area contributed by atoms with Gasteiger partial charge in [0.05, 0.1) is 17.0 Å². The molecule has 25 heavy (non-hydrogen) atoms. The summed E-state index contributed by atoms with van der Waals surface area (Å²) in [6.07, 6.45) is 1.21. The molecule has 128 valence electrons. The predicted molar refractivity (Wildman–Crippen MR) is 98.0 cm³/mol. The van der Waals surface area contributed by atoms with Gasteiger partial charge in [-0.1, -0.05) is 42.5 Å². The van der Waals surface area contributed by atoms with Crippen LogP contribution < -0.4 is 4.72 Å². The highest BCUT2D eigenvalue weighted by atomic mass is 32.2. The highest BCUT2D eigenvalue weighted by Crippen LogP contribution is 2.20. The lowest BCUT2D eigenvalue weighted by molar-refractivity contribution is 0.0971. The SMILES string of the molecule is C=CC(=O)n1c(CNS(=O)(=O)c2ccc(C)cc2)cc2ccccc21. The van der Waals surface area contributed by atoms with Gasteiger partial charge in [-0.05, 0) is 37.3 Å². The molecule has 0 radical (unpaired) electrons. The lowest BCUT2D eigenvalue weighted by atomic mass is 10.2. The van der Waals surface area contributed by atoms with E-state index in [0.717, 1.165) is 16.5 Å². The Labute approximate surface area is 146 Å². The number of benzene rings is 2. The Morgan fingerprint density at radius 3 is 2.52 bits per heavy atom. The summed E-state index contributed by atoms with van der Waals surface area (Å²) in [4.78, 5) is 12.4. The number of aryl methyl sites for hydroxylation is 1. The van der Waals surface area contributed by atoms with Crippen LogP contribution >= 0.6 is 0 Å². The minimum Gasteiger partial charge on any atom is -0.279 e. The van der Waals surface area contributed by atoms with Crippen molar-refractivity contribution in [2.24, 2.45) is 0 Å². The number of aromatic nitrogens is 1. The Kier molecular flexibility index (Phi) is 4.57. The number of hydrogen-bond acceptors (Lipinski definition) is 3. The number of nitrogens with zero attached hydrogens (tertiary/aromatic N) is 1. The molecule has 1 N–H and O–H groups in total. The summed E-state index contributed by atoms with van der Waals surface area (Å²) in [7, 11) is -3.66. The van der Waals surface area contributed by atoms with Crippen LogP contribution in [0.3, 0.4) is 0 Å². The molecule has 0 aliphatic heterocycles. The second-order valence-corrected chi connectivity index (χ2v) is 7.48. The number of carbonyl (C=O) groups excluding carboxylic acids is 1. The van der Waals surface area contributed by atoms with E-state index in [1.807, 2.05) is 31.2 Å². The van der Waals surface area contributed by atoms with Crippen LogP contribution in [-0.2, 0) is 16.6 Å². The number of sulfonamides is 1. The van der Waals surface area contributed by atoms with E-state index in [4.69, 9.17) is 0 Å². The molecule has 0 saturated heterocycles. The van der Waals surface area contributed by atoms with Crippen LogP contribution in [0.2, 0.25) is 0 Å². The molecule has 2 aromatic carbocycles. The number of allylic oxidation sites excluding steroid dienone is 1. The van der Waals surface area contributed by atoms with Crippen LogP contribution in [0.25, 0.3) is 10.9 Å². The van der Waals surface area contributed by atoms with Crippen LogP contribution in [0.4, 0.5) is 0 Å². The molecule has 0 amide bonds. The Bertz CT molecular complexity index is 1050. The number of fused-ring (bicyclic) bond motifs is 1. The highest BCUT2D eigenvalue weighted by Gasteiger charge is 2.17. The number of nitrogens with one attached hydrogen (secondary N) is 1. The molecule has 0 fully saturated rings. The Hall–Kier alpha value is -2.70. The summed E-state index contributed by atoms with van der Waals surface area (Å²) < 4.78 is 28.9. The van der Waals surface area contributed by atoms with Crippen LogP contribution in [-0.4, -0.2) is 18.9 Å². The third kappa shape index (κ3) is 3.40. The predicted octanol–water partition coefficient (Wildman–Crippen LogP) is 3.25. The third-order valence-corrected chi connectivity index (χ3v) is 5.37. The van der Waals surface area contributed by atoms with Gasteiger partial charge >= 0.3 is 0 Å². The average molecular weight is 354 g/mol. The first-order valence-corrected chi connectivity index (χ1v) is 9.23. The summed E-state index contributed by atoms with van der Waals surface area (Å²) in [6, 6.07) is 15.8. The van der Waals surface area contributed by atoms with Gasteiger partial charge in [0.2, 0.25) is 10.0 Å². The van der Waals surface area contributed by atoms with Crippen molar-refractivity contribution in [3.8, 4) is 0 Å². The Morgan fingerprint density at radius 2 is 1.84 bits per heavy atom. The number of rotatable bonds is 5. The molecule has 0 spiro atoms. The van der Waals surface area contributed by atoms with Gasteiger partial charge in [-0.15, -0.1) is 0 Å². The largest absolute Gasteiger partial charge is 0.279 e. The maximum Gasteiger partial charge on any atom is 0.254 e. The van der Waals surface area contributed by atoms with Gasteiger partial charge in [-0.3, -0.25) is 9.36 Å². The van der Waals surface area contributed by atoms with E-state index < -0.39 is 10.0 Å². The second kappa shape index (κ2) is 6.66. The van der Waals surface area contributed by atoms with E-state index in [2.05, 4.69) is 11.3 Å². The molecular weight excluding hydrogens is 336 g/mol. The van der Waals surface area contributed by atoms with Crippen molar-refractivity contribution in [2.45, 2.75) is 18.4 Å². The summed E-state index contributed by atoms with van der Waals surface area (Å²) in [5.41, 5.74) is 2.26. The molecule has 0 atom stereocenters. The van der Waals surface area contributed by atoms with Crippen LogP contribution in [0.15, 0.2) is 72.1 Å². The van der Waals surface area contributed by atoms with Gasteiger partial charge in [0.1, 0.15) is 0 Å². The molecule has 1 aromatic heterocycles. The monoisotopic (exact) mass is 354 g/mol. The van der Waals surface area contributed by atoms with E-state index >= 15 is 0 Å². The molecule has 3 rings (SSSR count). The molecule has 0 unspecified atom stereocenters. The average Bonchev–Trinajstić information content (AvgIpc) is 2.98. The van der Waals surface area contributed by atoms with Gasteiger partial charge in [-0.25, -0.2) is 13.1 Å². The maximum atomic E-state index is 12.5. The smallest absolute Gasteiger partial charge is 0.254 e. The van der Waals surface area contributed by atoms with Gasteiger partial charge in [0.25, 0.3) is 5.91 Å². The van der Waals surface area contributed by atoms with Crippen molar-refractivity contribution >= 4 is 26.8 Å². The zero-order chi connectivity index (χ0) is 18.0. The van der Waals surface area contributed by atoms with E-state index in [1.54, 1.807) is 30.3 Å². The van der Waals surface area contributed by atoms with Crippen LogP contribution in [0.1, 0.15) is 16.1 Å². The molecule has 0 aliphatic carbocycles. The number of carbonyl (C=O) groups is 1. The fourth-order valence-electron chi connectivity index (χ4n) is 2.66. The van der Waals surface area contributed by atoms with Crippen LogP contribution in [0.5, 0.6) is 0 Å². The molecule has 5 nitrogen and oxygen atoms in total. The zero-order valence-corrected chi connectivity index (χ0v) is 14.6. The first kappa shape index (κ1) is 17.1. The third-order valence-electron chi connectivity index (χ3n) is 3.96. The Morgan fingerprint density at radius 1 is 1.16 bits per heavy atom. The summed E-state index contributed by atoms with van der Waals surface area (Å²) in [5, 5.41) is 0.863. The topological polar surface area (TPSA) is 68.2 Å². The standard InChI is InChI=1S/C19H18N2O3S/c1-3-19(22)21-16(12-15-6-4-5-7-18(15)21)13-20-25(23,24)17-10-8-14(2)9-11-17/h3-12,20H,1,13H2,2H3. The highest BCUT2D eigenvalue weighted by molar-refractivity contribution is 7.89. The van der Waals surface area contributed by atoms with Gasteiger partial charge in [-0.2, -0.15) is 0 Å². The minimum absolute atomic E-state index is 0.00443. The fourth-order valence-corrected chi connectivity index (χ4v) is 3.66. The van der Waals surface area contributed by atoms with Crippen molar-refractivity contribution in [1.29, 1.82) is 0 Å². The molecule has 0 aliphatic rings. The molecule has 6 heteroatoms. The molecule has 0 bridgehead atoms. The van der Waals surface area contributed by atoms with Crippen molar-refractivity contribution in [1.82, 2.24) is 9.29 Å². The van der Waals surface area contributed by atoms with E-state index in [-0.39, 0.29) is 17.3 Å². The van der Waals surface area contributed by atoms with Crippen molar-refractivity contribution in [3.63, 3.8) is 0 Å². The first-order valence-electron chi connectivity index (χ1n) is 7.75. The van der Waals surface area contributed by atoms with E-state index in [9.17, 15) is 13.2 Å². The molecule has 1 heterocycles. The van der Waals surface area contributed by atoms with Crippen molar-refractivity contribution < 1.29 is 13.2 Å². The van der Waals surface area contributed by atoms with Gasteiger partial charge in [0.15, 0.2) is 0 Å². The number of hydrogen-bond donors (Lipinski definition) is 1. The van der Waals surface area contributed by atoms with Gasteiger partial charge < -0.3 is 0 Å². The summed E-state index contributed by atoms with van der Waals surface area (Å²) in [5.74, 6) is -0.300. The second-order valence-electron chi connectivity index (χ2n) is 5.71. The molecule has 3 aromatic rings. The first-order chi connectivity index (χ1) is 11.9. The normalized spacial score (nSPS) is 11.6. The number of para-hydroxylation sites is 1. The quantitative estimate of drug-likeness (QED) is 0.715. The minimum atomic E-state index is -3.66. The van der Waals surface area contributed by atoms with E-state index in [1.165, 1.54) is 10.6 Å². The molecule has 0 saturated carbocycles. The summed E-state index contributed by atoms with van der Waals surface area (Å²) in [6.45, 7) is 5.42. The van der Waals surface area contributed by atoms with Crippen molar-refractivity contribution in [3.05, 3.63) is 78.5 Å². The molecular formula is C19H18N2O3S. The maximum absolute atomic E-state index is 12.5. The van der Waals surface area contributed by atoms with Crippen molar-refractivity contribution in [2.75, 3.05) is 0 Å². The van der Waals surface area contributed by atoms with Crippen LogP contribution in [0, 0.1) is 6.92 Å². The fraction of sp³-hybridized carbons (Fsp3) is 0.105. The lowest BCUT2D eigenvalue weighted by Gasteiger charge is -2.09. The Balaban J connectivity index is 1.94. The van der Waals surface area contributed by atoms with Gasteiger partial charge in [0, 0.05) is 11.1 Å². The summed E-state index contributed by atoms with van der Waals surface area (Å²) >= 11 is 0. The van der Waals surface area contributed by atoms with E-state index in [0.29, 0.717) is 5.69 Å².